The van der Waals surface area contributed by atoms with E-state index in [1.807, 2.05) is 45.5 Å². The highest BCUT2D eigenvalue weighted by molar-refractivity contribution is 7.12. The fourth-order valence-electron chi connectivity index (χ4n) is 5.21. The van der Waals surface area contributed by atoms with Gasteiger partial charge in [0.2, 0.25) is 5.91 Å². The highest BCUT2D eigenvalue weighted by atomic mass is 32.1. The van der Waals surface area contributed by atoms with Crippen LogP contribution in [0.5, 0.6) is 5.75 Å². The summed E-state index contributed by atoms with van der Waals surface area (Å²) in [7, 11) is 0. The topological polar surface area (TPSA) is 49.9 Å². The Balaban J connectivity index is 1.31. The monoisotopic (exact) mass is 424 g/mol. The standard InChI is InChI=1S/C24H28N2O3S/c27-22(25-11-3-4-12-25)16-18-17-24(29-20-7-2-1-6-19(18)20)9-13-26(14-10-24)23(28)21-8-5-15-30-21/h1-2,5-8,15,18H,3-4,9-14,16-17H2. The number of likely N-dealkylation sites (tertiary alicyclic amines) is 2. The van der Waals surface area contributed by atoms with Gasteiger partial charge in [-0.15, -0.1) is 11.3 Å². The van der Waals surface area contributed by atoms with E-state index in [4.69, 9.17) is 4.74 Å². The number of amides is 2. The number of carbonyl (C=O) groups is 2. The molecule has 158 valence electrons. The second-order valence-corrected chi connectivity index (χ2v) is 9.73. The van der Waals surface area contributed by atoms with Gasteiger partial charge in [-0.25, -0.2) is 0 Å². The predicted octanol–water partition coefficient (Wildman–Crippen LogP) is 4.30. The third kappa shape index (κ3) is 3.73. The SMILES string of the molecule is O=C(CC1CC2(CCN(C(=O)c3cccs3)CC2)Oc2ccccc21)N1CCCC1. The molecular weight excluding hydrogens is 396 g/mol. The Morgan fingerprint density at radius 3 is 2.50 bits per heavy atom. The van der Waals surface area contributed by atoms with Crippen LogP contribution < -0.4 is 4.74 Å². The Hall–Kier alpha value is -2.34. The lowest BCUT2D eigenvalue weighted by Gasteiger charge is -2.47. The van der Waals surface area contributed by atoms with Gasteiger partial charge in [0, 0.05) is 51.4 Å². The van der Waals surface area contributed by atoms with Gasteiger partial charge < -0.3 is 14.5 Å². The molecule has 6 heteroatoms. The number of piperidine rings is 1. The second-order valence-electron chi connectivity index (χ2n) is 8.79. The molecule has 2 fully saturated rings. The number of para-hydroxylation sites is 1. The zero-order valence-electron chi connectivity index (χ0n) is 17.2. The molecule has 5 nitrogen and oxygen atoms in total. The molecule has 0 aliphatic carbocycles. The molecular formula is C24H28N2O3S. The fourth-order valence-corrected chi connectivity index (χ4v) is 5.90. The number of nitrogens with zero attached hydrogens (tertiary/aromatic N) is 2. The van der Waals surface area contributed by atoms with Gasteiger partial charge in [0.1, 0.15) is 11.4 Å². The van der Waals surface area contributed by atoms with Crippen LogP contribution in [-0.4, -0.2) is 53.4 Å². The smallest absolute Gasteiger partial charge is 0.263 e. The third-order valence-corrected chi connectivity index (χ3v) is 7.74. The fraction of sp³-hybridized carbons (Fsp3) is 0.500. The van der Waals surface area contributed by atoms with Gasteiger partial charge >= 0.3 is 0 Å². The first-order valence-electron chi connectivity index (χ1n) is 11.0. The van der Waals surface area contributed by atoms with Crippen LogP contribution in [0.3, 0.4) is 0 Å². The van der Waals surface area contributed by atoms with Gasteiger partial charge in [0.25, 0.3) is 5.91 Å². The van der Waals surface area contributed by atoms with Crippen molar-refractivity contribution in [3.05, 3.63) is 52.2 Å². The number of carbonyl (C=O) groups excluding carboxylic acids is 2. The Bertz CT molecular complexity index is 912. The van der Waals surface area contributed by atoms with Crippen LogP contribution in [0.15, 0.2) is 41.8 Å². The van der Waals surface area contributed by atoms with Crippen molar-refractivity contribution >= 4 is 23.2 Å². The quantitative estimate of drug-likeness (QED) is 0.738. The molecule has 1 aromatic carbocycles. The molecule has 2 aromatic rings. The largest absolute Gasteiger partial charge is 0.487 e. The summed E-state index contributed by atoms with van der Waals surface area (Å²) in [4.78, 5) is 30.4. The van der Waals surface area contributed by atoms with E-state index in [0.29, 0.717) is 19.5 Å². The molecule has 5 rings (SSSR count). The van der Waals surface area contributed by atoms with Crippen molar-refractivity contribution in [2.75, 3.05) is 26.2 Å². The van der Waals surface area contributed by atoms with Gasteiger partial charge in [-0.05, 0) is 42.3 Å². The molecule has 3 aliphatic rings. The van der Waals surface area contributed by atoms with E-state index in [9.17, 15) is 9.59 Å². The summed E-state index contributed by atoms with van der Waals surface area (Å²) < 4.78 is 6.56. The number of fused-ring (bicyclic) bond motifs is 1. The van der Waals surface area contributed by atoms with Crippen molar-refractivity contribution in [1.82, 2.24) is 9.80 Å². The Morgan fingerprint density at radius 1 is 1.00 bits per heavy atom. The molecule has 1 unspecified atom stereocenters. The number of thiophene rings is 1. The molecule has 0 saturated carbocycles. The lowest BCUT2D eigenvalue weighted by Crippen LogP contribution is -2.52. The molecule has 0 bridgehead atoms. The van der Waals surface area contributed by atoms with Gasteiger partial charge in [0.15, 0.2) is 0 Å². The molecule has 1 spiro atoms. The minimum Gasteiger partial charge on any atom is -0.487 e. The first kappa shape index (κ1) is 19.6. The van der Waals surface area contributed by atoms with Crippen LogP contribution in [0.2, 0.25) is 0 Å². The summed E-state index contributed by atoms with van der Waals surface area (Å²) in [5.41, 5.74) is 0.879. The minimum absolute atomic E-state index is 0.122. The van der Waals surface area contributed by atoms with E-state index in [0.717, 1.165) is 61.4 Å². The molecule has 2 amide bonds. The van der Waals surface area contributed by atoms with E-state index in [1.54, 1.807) is 0 Å². The van der Waals surface area contributed by atoms with Gasteiger partial charge in [-0.3, -0.25) is 9.59 Å². The summed E-state index contributed by atoms with van der Waals surface area (Å²) >= 11 is 1.50. The lowest BCUT2D eigenvalue weighted by atomic mass is 9.76. The highest BCUT2D eigenvalue weighted by Crippen LogP contribution is 2.47. The van der Waals surface area contributed by atoms with Crippen molar-refractivity contribution < 1.29 is 14.3 Å². The van der Waals surface area contributed by atoms with Gasteiger partial charge in [-0.1, -0.05) is 24.3 Å². The number of benzene rings is 1. The van der Waals surface area contributed by atoms with Crippen LogP contribution in [-0.2, 0) is 4.79 Å². The van der Waals surface area contributed by atoms with Crippen molar-refractivity contribution in [1.29, 1.82) is 0 Å². The van der Waals surface area contributed by atoms with E-state index in [2.05, 4.69) is 6.07 Å². The average Bonchev–Trinajstić information content (AvgIpc) is 3.48. The normalized spacial score (nSPS) is 22.6. The summed E-state index contributed by atoms with van der Waals surface area (Å²) in [5.74, 6) is 1.50. The zero-order valence-corrected chi connectivity index (χ0v) is 18.0. The predicted molar refractivity (Wildman–Crippen MR) is 117 cm³/mol. The van der Waals surface area contributed by atoms with E-state index in [1.165, 1.54) is 11.3 Å². The van der Waals surface area contributed by atoms with Crippen LogP contribution in [0, 0.1) is 0 Å². The molecule has 2 saturated heterocycles. The molecule has 1 atom stereocenters. The number of rotatable bonds is 3. The van der Waals surface area contributed by atoms with Crippen molar-refractivity contribution in [2.24, 2.45) is 0 Å². The summed E-state index contributed by atoms with van der Waals surface area (Å²) in [6, 6.07) is 12.0. The Morgan fingerprint density at radius 2 is 1.77 bits per heavy atom. The van der Waals surface area contributed by atoms with E-state index in [-0.39, 0.29) is 23.3 Å². The van der Waals surface area contributed by atoms with Crippen LogP contribution in [0.4, 0.5) is 0 Å². The Labute approximate surface area is 181 Å². The van der Waals surface area contributed by atoms with E-state index < -0.39 is 0 Å². The Kier molecular flexibility index (Phi) is 5.27. The molecule has 4 heterocycles. The molecule has 30 heavy (non-hydrogen) atoms. The molecule has 0 N–H and O–H groups in total. The van der Waals surface area contributed by atoms with Crippen LogP contribution in [0.25, 0.3) is 0 Å². The molecule has 3 aliphatic heterocycles. The minimum atomic E-state index is -0.281. The zero-order chi connectivity index (χ0) is 20.6. The summed E-state index contributed by atoms with van der Waals surface area (Å²) in [5, 5.41) is 1.95. The van der Waals surface area contributed by atoms with E-state index >= 15 is 0 Å². The maximum Gasteiger partial charge on any atom is 0.263 e. The molecule has 1 aromatic heterocycles. The van der Waals surface area contributed by atoms with Crippen molar-refractivity contribution in [2.45, 2.75) is 50.0 Å². The average molecular weight is 425 g/mol. The number of ether oxygens (including phenoxy) is 1. The maximum absolute atomic E-state index is 12.9. The van der Waals surface area contributed by atoms with Crippen molar-refractivity contribution in [3.8, 4) is 5.75 Å². The first-order valence-corrected chi connectivity index (χ1v) is 11.9. The van der Waals surface area contributed by atoms with Crippen LogP contribution in [0.1, 0.15) is 59.7 Å². The lowest BCUT2D eigenvalue weighted by molar-refractivity contribution is -0.131. The van der Waals surface area contributed by atoms with Crippen LogP contribution >= 0.6 is 11.3 Å². The van der Waals surface area contributed by atoms with Crippen molar-refractivity contribution in [3.63, 3.8) is 0 Å². The number of hydrogen-bond acceptors (Lipinski definition) is 4. The van der Waals surface area contributed by atoms with Gasteiger partial charge in [-0.2, -0.15) is 0 Å². The summed E-state index contributed by atoms with van der Waals surface area (Å²) in [6.45, 7) is 3.20. The molecule has 0 radical (unpaired) electrons. The third-order valence-electron chi connectivity index (χ3n) is 6.88. The first-order chi connectivity index (χ1) is 14.6. The van der Waals surface area contributed by atoms with Gasteiger partial charge in [0.05, 0.1) is 4.88 Å². The maximum atomic E-state index is 12.9. The second kappa shape index (κ2) is 8.06. The number of hydrogen-bond donors (Lipinski definition) is 0. The summed E-state index contributed by atoms with van der Waals surface area (Å²) in [6.07, 6.45) is 5.27. The highest BCUT2D eigenvalue weighted by Gasteiger charge is 2.44.